The number of hydrogen-bond donors (Lipinski definition) is 2. The number of hydrogen-bond acceptors (Lipinski definition) is 3. The topological polar surface area (TPSA) is 43.7 Å². The maximum absolute atomic E-state index is 9.51. The van der Waals surface area contributed by atoms with E-state index >= 15 is 0 Å². The Morgan fingerprint density at radius 3 is 2.76 bits per heavy atom. The van der Waals surface area contributed by atoms with Crippen molar-refractivity contribution < 1.29 is 10.2 Å². The summed E-state index contributed by atoms with van der Waals surface area (Å²) in [5.74, 6) is -0.105. The molecule has 1 aromatic carbocycles. The van der Waals surface area contributed by atoms with Gasteiger partial charge in [-0.25, -0.2) is 0 Å². The summed E-state index contributed by atoms with van der Waals surface area (Å²) in [5.41, 5.74) is 2.24. The van der Waals surface area contributed by atoms with Gasteiger partial charge in [-0.15, -0.1) is 0 Å². The molecular formula is C14H19NO2. The van der Waals surface area contributed by atoms with Crippen molar-refractivity contribution in [2.24, 2.45) is 0 Å². The summed E-state index contributed by atoms with van der Waals surface area (Å²) >= 11 is 0. The van der Waals surface area contributed by atoms with Crippen LogP contribution in [0.1, 0.15) is 25.3 Å². The highest BCUT2D eigenvalue weighted by Gasteiger charge is 2.13. The average molecular weight is 233 g/mol. The first-order chi connectivity index (χ1) is 8.20. The van der Waals surface area contributed by atoms with E-state index in [0.717, 1.165) is 38.0 Å². The zero-order valence-corrected chi connectivity index (χ0v) is 10.2. The highest BCUT2D eigenvalue weighted by molar-refractivity contribution is 5.69. The normalized spacial score (nSPS) is 16.9. The second kappa shape index (κ2) is 5.23. The molecule has 3 heteroatoms. The molecule has 2 N–H and O–H groups in total. The SMILES string of the molecule is CCCN1CCC=C(c2ccc(O)c(O)c2)C1. The van der Waals surface area contributed by atoms with Gasteiger partial charge < -0.3 is 10.2 Å². The Balaban J connectivity index is 2.16. The Morgan fingerprint density at radius 2 is 2.06 bits per heavy atom. The number of phenols is 2. The molecule has 0 amide bonds. The van der Waals surface area contributed by atoms with E-state index in [1.54, 1.807) is 12.1 Å². The van der Waals surface area contributed by atoms with Crippen LogP contribution in [0.25, 0.3) is 5.57 Å². The summed E-state index contributed by atoms with van der Waals surface area (Å²) in [6.07, 6.45) is 4.43. The maximum atomic E-state index is 9.51. The van der Waals surface area contributed by atoms with Crippen molar-refractivity contribution in [2.45, 2.75) is 19.8 Å². The average Bonchev–Trinajstić information content (AvgIpc) is 2.33. The van der Waals surface area contributed by atoms with Gasteiger partial charge in [0.1, 0.15) is 0 Å². The van der Waals surface area contributed by atoms with Gasteiger partial charge in [0, 0.05) is 13.1 Å². The van der Waals surface area contributed by atoms with Crippen LogP contribution in [0.5, 0.6) is 11.5 Å². The van der Waals surface area contributed by atoms with E-state index in [1.165, 1.54) is 5.57 Å². The second-order valence-electron chi connectivity index (χ2n) is 4.50. The monoisotopic (exact) mass is 233 g/mol. The molecular weight excluding hydrogens is 214 g/mol. The Bertz CT molecular complexity index is 426. The first-order valence-electron chi connectivity index (χ1n) is 6.14. The van der Waals surface area contributed by atoms with E-state index in [0.29, 0.717) is 0 Å². The Labute approximate surface area is 102 Å². The van der Waals surface area contributed by atoms with Gasteiger partial charge in [0.2, 0.25) is 0 Å². The first-order valence-corrected chi connectivity index (χ1v) is 6.14. The number of rotatable bonds is 3. The van der Waals surface area contributed by atoms with Crippen molar-refractivity contribution in [3.8, 4) is 11.5 Å². The molecule has 0 radical (unpaired) electrons. The minimum atomic E-state index is -0.0597. The zero-order chi connectivity index (χ0) is 12.3. The Kier molecular flexibility index (Phi) is 3.69. The summed E-state index contributed by atoms with van der Waals surface area (Å²) in [5, 5.41) is 18.8. The van der Waals surface area contributed by atoms with Crippen molar-refractivity contribution in [1.82, 2.24) is 4.90 Å². The van der Waals surface area contributed by atoms with Crippen molar-refractivity contribution >= 4 is 5.57 Å². The van der Waals surface area contributed by atoms with Crippen LogP contribution < -0.4 is 0 Å². The number of phenolic OH excluding ortho intramolecular Hbond substituents is 2. The third-order valence-electron chi connectivity index (χ3n) is 3.12. The van der Waals surface area contributed by atoms with E-state index < -0.39 is 0 Å². The molecule has 1 aliphatic heterocycles. The van der Waals surface area contributed by atoms with Crippen molar-refractivity contribution in [3.63, 3.8) is 0 Å². The number of nitrogens with zero attached hydrogens (tertiary/aromatic N) is 1. The maximum Gasteiger partial charge on any atom is 0.158 e. The van der Waals surface area contributed by atoms with E-state index in [1.807, 2.05) is 6.07 Å². The van der Waals surface area contributed by atoms with Crippen LogP contribution in [-0.4, -0.2) is 34.7 Å². The van der Waals surface area contributed by atoms with Crippen LogP contribution in [-0.2, 0) is 0 Å². The van der Waals surface area contributed by atoms with Gasteiger partial charge in [-0.3, -0.25) is 4.90 Å². The summed E-state index contributed by atoms with van der Waals surface area (Å²) in [6, 6.07) is 5.04. The lowest BCUT2D eigenvalue weighted by Crippen LogP contribution is -2.30. The quantitative estimate of drug-likeness (QED) is 0.789. The summed E-state index contributed by atoms with van der Waals surface area (Å²) < 4.78 is 0. The highest BCUT2D eigenvalue weighted by Crippen LogP contribution is 2.29. The van der Waals surface area contributed by atoms with Gasteiger partial charge in [-0.2, -0.15) is 0 Å². The molecule has 1 aliphatic rings. The molecule has 0 unspecified atom stereocenters. The molecule has 0 bridgehead atoms. The van der Waals surface area contributed by atoms with Gasteiger partial charge in [-0.05, 0) is 42.7 Å². The Morgan fingerprint density at radius 1 is 1.24 bits per heavy atom. The van der Waals surface area contributed by atoms with Crippen LogP contribution in [0.4, 0.5) is 0 Å². The standard InChI is InChI=1S/C14H19NO2/c1-2-7-15-8-3-4-12(10-15)11-5-6-13(16)14(17)9-11/h4-6,9,16-17H,2-3,7-8,10H2,1H3. The van der Waals surface area contributed by atoms with Gasteiger partial charge >= 0.3 is 0 Å². The molecule has 0 saturated carbocycles. The van der Waals surface area contributed by atoms with Crippen molar-refractivity contribution in [2.75, 3.05) is 19.6 Å². The smallest absolute Gasteiger partial charge is 0.158 e. The van der Waals surface area contributed by atoms with E-state index in [4.69, 9.17) is 0 Å². The van der Waals surface area contributed by atoms with Crippen molar-refractivity contribution in [1.29, 1.82) is 0 Å². The lowest BCUT2D eigenvalue weighted by Gasteiger charge is -2.27. The molecule has 1 aromatic rings. The molecule has 0 aromatic heterocycles. The molecule has 2 rings (SSSR count). The molecule has 17 heavy (non-hydrogen) atoms. The molecule has 92 valence electrons. The summed E-state index contributed by atoms with van der Waals surface area (Å²) in [7, 11) is 0. The van der Waals surface area contributed by atoms with Crippen LogP contribution >= 0.6 is 0 Å². The minimum Gasteiger partial charge on any atom is -0.504 e. The molecule has 0 spiro atoms. The molecule has 0 aliphatic carbocycles. The molecule has 3 nitrogen and oxygen atoms in total. The van der Waals surface area contributed by atoms with Gasteiger partial charge in [0.05, 0.1) is 0 Å². The summed E-state index contributed by atoms with van der Waals surface area (Å²) in [4.78, 5) is 2.42. The predicted octanol–water partition coefficient (Wildman–Crippen LogP) is 2.60. The van der Waals surface area contributed by atoms with Crippen molar-refractivity contribution in [3.05, 3.63) is 29.8 Å². The van der Waals surface area contributed by atoms with Gasteiger partial charge in [0.15, 0.2) is 11.5 Å². The highest BCUT2D eigenvalue weighted by atomic mass is 16.3. The van der Waals surface area contributed by atoms with Gasteiger partial charge in [0.25, 0.3) is 0 Å². The van der Waals surface area contributed by atoms with Crippen LogP contribution in [0.2, 0.25) is 0 Å². The molecule has 0 saturated heterocycles. The van der Waals surface area contributed by atoms with Crippen LogP contribution in [0.15, 0.2) is 24.3 Å². The molecule has 0 fully saturated rings. The predicted molar refractivity (Wildman–Crippen MR) is 69.1 cm³/mol. The van der Waals surface area contributed by atoms with E-state index in [9.17, 15) is 10.2 Å². The fraction of sp³-hybridized carbons (Fsp3) is 0.429. The lowest BCUT2D eigenvalue weighted by atomic mass is 10.0. The van der Waals surface area contributed by atoms with Crippen LogP contribution in [0.3, 0.4) is 0 Å². The zero-order valence-electron chi connectivity index (χ0n) is 10.2. The minimum absolute atomic E-state index is 0.0454. The fourth-order valence-electron chi connectivity index (χ4n) is 2.25. The summed E-state index contributed by atoms with van der Waals surface area (Å²) in [6.45, 7) is 5.34. The molecule has 0 atom stereocenters. The number of aromatic hydroxyl groups is 2. The Hall–Kier alpha value is -1.48. The molecule has 1 heterocycles. The third-order valence-corrected chi connectivity index (χ3v) is 3.12. The van der Waals surface area contributed by atoms with Crippen LogP contribution in [0, 0.1) is 0 Å². The fourth-order valence-corrected chi connectivity index (χ4v) is 2.25. The van der Waals surface area contributed by atoms with E-state index in [-0.39, 0.29) is 11.5 Å². The third kappa shape index (κ3) is 2.80. The lowest BCUT2D eigenvalue weighted by molar-refractivity contribution is 0.305. The van der Waals surface area contributed by atoms with Gasteiger partial charge in [-0.1, -0.05) is 19.1 Å². The number of benzene rings is 1. The van der Waals surface area contributed by atoms with E-state index in [2.05, 4.69) is 17.9 Å². The largest absolute Gasteiger partial charge is 0.504 e. The second-order valence-corrected chi connectivity index (χ2v) is 4.50. The first kappa shape index (κ1) is 12.0.